The number of esters is 1. The van der Waals surface area contributed by atoms with Gasteiger partial charge in [-0.05, 0) is 49.8 Å². The molecule has 3 rings (SSSR count). The average molecular weight is 487 g/mol. The summed E-state index contributed by atoms with van der Waals surface area (Å²) >= 11 is 0. The second-order valence-corrected chi connectivity index (χ2v) is 9.45. The van der Waals surface area contributed by atoms with Gasteiger partial charge in [-0.1, -0.05) is 11.6 Å². The Bertz CT molecular complexity index is 1240. The van der Waals surface area contributed by atoms with Crippen LogP contribution in [0.5, 0.6) is 17.2 Å². The fourth-order valence-electron chi connectivity index (χ4n) is 4.77. The van der Waals surface area contributed by atoms with E-state index in [2.05, 4.69) is 0 Å². The van der Waals surface area contributed by atoms with Gasteiger partial charge in [-0.2, -0.15) is 0 Å². The number of Topliss-reactive ketones (excluding diaryl/α,β-unsaturated/α-hetero) is 2. The van der Waals surface area contributed by atoms with Gasteiger partial charge in [0.05, 0.1) is 17.1 Å². The lowest BCUT2D eigenvalue weighted by molar-refractivity contribution is -0.161. The molecule has 0 radical (unpaired) electrons. The van der Waals surface area contributed by atoms with E-state index in [1.54, 1.807) is 0 Å². The molecular weight excluding hydrogens is 456 g/mol. The van der Waals surface area contributed by atoms with Crippen molar-refractivity contribution in [2.75, 3.05) is 0 Å². The van der Waals surface area contributed by atoms with Crippen molar-refractivity contribution in [1.29, 1.82) is 0 Å². The van der Waals surface area contributed by atoms with Gasteiger partial charge in [0.25, 0.3) is 0 Å². The van der Waals surface area contributed by atoms with E-state index in [0.717, 1.165) is 18.6 Å². The molecule has 188 valence electrons. The molecule has 3 atom stereocenters. The lowest BCUT2D eigenvalue weighted by Gasteiger charge is -2.41. The van der Waals surface area contributed by atoms with Crippen molar-refractivity contribution in [2.45, 2.75) is 71.2 Å². The monoisotopic (exact) mass is 486 g/mol. The Morgan fingerprint density at radius 1 is 1.17 bits per heavy atom. The minimum Gasteiger partial charge on any atom is -0.508 e. The number of hydrogen-bond acceptors (Lipinski definition) is 9. The number of fused-ring (bicyclic) bond motifs is 2. The van der Waals surface area contributed by atoms with Gasteiger partial charge in [0.15, 0.2) is 6.10 Å². The fourth-order valence-corrected chi connectivity index (χ4v) is 4.77. The highest BCUT2D eigenvalue weighted by atomic mass is 16.6. The molecule has 0 saturated carbocycles. The second kappa shape index (κ2) is 9.67. The smallest absolute Gasteiger partial charge is 0.303 e. The van der Waals surface area contributed by atoms with Crippen LogP contribution in [0.1, 0.15) is 62.0 Å². The van der Waals surface area contributed by atoms with Crippen molar-refractivity contribution in [1.82, 2.24) is 0 Å². The van der Waals surface area contributed by atoms with Gasteiger partial charge >= 0.3 is 5.97 Å². The highest BCUT2D eigenvalue weighted by Crippen LogP contribution is 2.47. The van der Waals surface area contributed by atoms with Crippen LogP contribution in [0.4, 0.5) is 0 Å². The zero-order chi connectivity index (χ0) is 26.2. The largest absolute Gasteiger partial charge is 0.508 e. The maximum absolute atomic E-state index is 13.6. The maximum atomic E-state index is 13.6. The second-order valence-electron chi connectivity index (χ2n) is 9.45. The number of aliphatic hydroxyl groups excluding tert-OH is 1. The SMILES string of the molecule is CC(=O)CC(O)C[C@]1(O)Cc2c(c(O)c3c(O)cc(O)cc3c2CC=C(C)C)C(=O)[C@H]1OC(C)=O. The van der Waals surface area contributed by atoms with Crippen LogP contribution in [-0.2, 0) is 27.2 Å². The van der Waals surface area contributed by atoms with Gasteiger partial charge in [-0.3, -0.25) is 14.4 Å². The van der Waals surface area contributed by atoms with Crippen LogP contribution in [0.25, 0.3) is 10.8 Å². The van der Waals surface area contributed by atoms with Crippen LogP contribution in [0.15, 0.2) is 23.8 Å². The van der Waals surface area contributed by atoms with E-state index < -0.39 is 47.5 Å². The van der Waals surface area contributed by atoms with E-state index in [9.17, 15) is 39.9 Å². The molecule has 0 aromatic heterocycles. The van der Waals surface area contributed by atoms with Crippen molar-refractivity contribution in [3.8, 4) is 17.2 Å². The number of ketones is 2. The molecule has 9 nitrogen and oxygen atoms in total. The number of rotatable bonds is 7. The molecular formula is C26H30O9. The summed E-state index contributed by atoms with van der Waals surface area (Å²) < 4.78 is 5.18. The first-order valence-electron chi connectivity index (χ1n) is 11.2. The molecule has 0 spiro atoms. The minimum atomic E-state index is -2.08. The van der Waals surface area contributed by atoms with Crippen LogP contribution < -0.4 is 0 Å². The van der Waals surface area contributed by atoms with E-state index in [1.807, 2.05) is 19.9 Å². The fraction of sp³-hybridized carbons (Fsp3) is 0.423. The number of aliphatic hydroxyl groups is 2. The molecule has 1 unspecified atom stereocenters. The van der Waals surface area contributed by atoms with Crippen molar-refractivity contribution in [2.24, 2.45) is 0 Å². The summed E-state index contributed by atoms with van der Waals surface area (Å²) in [6.45, 7) is 6.06. The molecule has 9 heteroatoms. The number of phenolic OH excluding ortho intramolecular Hbond substituents is 3. The third kappa shape index (κ3) is 5.16. The van der Waals surface area contributed by atoms with Crippen LogP contribution in [0.2, 0.25) is 0 Å². The molecule has 0 bridgehead atoms. The van der Waals surface area contributed by atoms with Crippen LogP contribution in [-0.4, -0.2) is 60.9 Å². The van der Waals surface area contributed by atoms with Crippen molar-refractivity contribution in [3.63, 3.8) is 0 Å². The molecule has 1 aliphatic carbocycles. The van der Waals surface area contributed by atoms with Crippen molar-refractivity contribution in [3.05, 3.63) is 40.5 Å². The van der Waals surface area contributed by atoms with Gasteiger partial charge in [-0.15, -0.1) is 0 Å². The lowest BCUT2D eigenvalue weighted by Crippen LogP contribution is -2.56. The molecule has 35 heavy (non-hydrogen) atoms. The first-order valence-corrected chi connectivity index (χ1v) is 11.2. The Hall–Kier alpha value is -3.43. The molecule has 0 amide bonds. The Morgan fingerprint density at radius 2 is 1.83 bits per heavy atom. The number of carbonyl (C=O) groups excluding carboxylic acids is 3. The molecule has 5 N–H and O–H groups in total. The molecule has 0 aliphatic heterocycles. The van der Waals surface area contributed by atoms with Crippen LogP contribution in [0.3, 0.4) is 0 Å². The summed E-state index contributed by atoms with van der Waals surface area (Å²) in [6.07, 6.45) is -2.00. The lowest BCUT2D eigenvalue weighted by atomic mass is 9.71. The summed E-state index contributed by atoms with van der Waals surface area (Å²) in [4.78, 5) is 36.9. The van der Waals surface area contributed by atoms with Gasteiger partial charge < -0.3 is 30.3 Å². The number of ether oxygens (including phenoxy) is 1. The van der Waals surface area contributed by atoms with Gasteiger partial charge in [-0.25, -0.2) is 0 Å². The molecule has 0 heterocycles. The van der Waals surface area contributed by atoms with E-state index in [-0.39, 0.29) is 52.7 Å². The molecule has 0 saturated heterocycles. The Morgan fingerprint density at radius 3 is 2.40 bits per heavy atom. The van der Waals surface area contributed by atoms with Gasteiger partial charge in [0.1, 0.15) is 28.6 Å². The van der Waals surface area contributed by atoms with Gasteiger partial charge in [0.2, 0.25) is 5.78 Å². The number of allylic oxidation sites excluding steroid dienone is 2. The molecule has 2 aromatic carbocycles. The summed E-state index contributed by atoms with van der Waals surface area (Å²) in [5.74, 6) is -3.37. The topological polar surface area (TPSA) is 162 Å². The van der Waals surface area contributed by atoms with E-state index in [4.69, 9.17) is 4.74 Å². The quantitative estimate of drug-likeness (QED) is 0.292. The normalized spacial score (nSPS) is 20.3. The standard InChI is InChI=1S/C26H30O9/c1-12(2)5-6-17-18-8-15(29)9-20(31)21(18)23(32)22-19(17)11-26(34,10-16(30)7-13(3)27)25(24(22)33)35-14(4)28/h5,8-9,16,25,29-32,34H,6-7,10-11H2,1-4H3/t16?,25-,26+/m1/s1. The Labute approximate surface area is 202 Å². The summed E-state index contributed by atoms with van der Waals surface area (Å²) in [5.41, 5.74) is -0.648. The summed E-state index contributed by atoms with van der Waals surface area (Å²) in [5, 5.41) is 53.9. The van der Waals surface area contributed by atoms with E-state index in [1.165, 1.54) is 13.0 Å². The number of phenols is 3. The van der Waals surface area contributed by atoms with Gasteiger partial charge in [0, 0.05) is 32.3 Å². The van der Waals surface area contributed by atoms with Crippen molar-refractivity contribution < 1.29 is 44.7 Å². The Balaban J connectivity index is 2.34. The number of benzene rings is 2. The van der Waals surface area contributed by atoms with Crippen LogP contribution in [0, 0.1) is 0 Å². The third-order valence-corrected chi connectivity index (χ3v) is 6.13. The predicted molar refractivity (Wildman–Crippen MR) is 127 cm³/mol. The summed E-state index contributed by atoms with van der Waals surface area (Å²) in [7, 11) is 0. The molecule has 1 aliphatic rings. The Kier molecular flexibility index (Phi) is 7.23. The molecule has 0 fully saturated rings. The van der Waals surface area contributed by atoms with E-state index >= 15 is 0 Å². The zero-order valence-electron chi connectivity index (χ0n) is 20.1. The third-order valence-electron chi connectivity index (χ3n) is 6.13. The number of hydrogen-bond donors (Lipinski definition) is 5. The van der Waals surface area contributed by atoms with E-state index in [0.29, 0.717) is 5.56 Å². The number of aromatic hydroxyl groups is 3. The first-order chi connectivity index (χ1) is 16.2. The maximum Gasteiger partial charge on any atom is 0.303 e. The molecule has 2 aromatic rings. The highest BCUT2D eigenvalue weighted by Gasteiger charge is 2.51. The zero-order valence-corrected chi connectivity index (χ0v) is 20.1. The van der Waals surface area contributed by atoms with Crippen molar-refractivity contribution >= 4 is 28.3 Å². The first kappa shape index (κ1) is 26.2. The number of carbonyl (C=O) groups is 3. The summed E-state index contributed by atoms with van der Waals surface area (Å²) in [6, 6.07) is 2.37. The average Bonchev–Trinajstić information content (AvgIpc) is 2.68. The minimum absolute atomic E-state index is 0.0596. The van der Waals surface area contributed by atoms with Crippen LogP contribution >= 0.6 is 0 Å². The predicted octanol–water partition coefficient (Wildman–Crippen LogP) is 2.60. The highest BCUT2D eigenvalue weighted by molar-refractivity contribution is 6.12.